The van der Waals surface area contributed by atoms with Crippen LogP contribution in [0.4, 0.5) is 0 Å². The monoisotopic (exact) mass is 677 g/mol. The van der Waals surface area contributed by atoms with Crippen LogP contribution < -0.4 is 0 Å². The second-order valence-corrected chi connectivity index (χ2v) is 15.4. The van der Waals surface area contributed by atoms with E-state index < -0.39 is 0 Å². The molecular weight excluding hydrogens is 639 g/mol. The lowest BCUT2D eigenvalue weighted by molar-refractivity contribution is 0.590. The fraction of sp³-hybridized carbons (Fsp3) is 0.0769. The van der Waals surface area contributed by atoms with Crippen molar-refractivity contribution in [3.8, 4) is 39.1 Å². The van der Waals surface area contributed by atoms with Crippen LogP contribution in [0.25, 0.3) is 93.2 Å². The predicted molar refractivity (Wildman–Crippen MR) is 228 cm³/mol. The fourth-order valence-corrected chi connectivity index (χ4v) is 8.46. The van der Waals surface area contributed by atoms with Crippen molar-refractivity contribution < 1.29 is 0 Å². The average molecular weight is 678 g/mol. The molecular formula is C52H39N. The van der Waals surface area contributed by atoms with Gasteiger partial charge < -0.3 is 4.57 Å². The molecule has 0 aliphatic carbocycles. The number of para-hydroxylation sites is 1. The van der Waals surface area contributed by atoms with Gasteiger partial charge in [0.15, 0.2) is 0 Å². The number of nitrogens with zero attached hydrogens (tertiary/aromatic N) is 1. The highest BCUT2D eigenvalue weighted by atomic mass is 15.0. The van der Waals surface area contributed by atoms with E-state index in [0.717, 1.165) is 5.69 Å². The number of hydrogen-bond acceptors (Lipinski definition) is 0. The van der Waals surface area contributed by atoms with Gasteiger partial charge in [-0.15, -0.1) is 0 Å². The summed E-state index contributed by atoms with van der Waals surface area (Å²) in [7, 11) is 0. The zero-order chi connectivity index (χ0) is 35.7. The Labute approximate surface area is 310 Å². The molecule has 0 aliphatic rings. The van der Waals surface area contributed by atoms with E-state index in [1.165, 1.54) is 93.1 Å². The summed E-state index contributed by atoms with van der Waals surface area (Å²) < 4.78 is 2.42. The van der Waals surface area contributed by atoms with E-state index in [1.54, 1.807) is 0 Å². The molecule has 0 atom stereocenters. The third-order valence-electron chi connectivity index (χ3n) is 11.1. The van der Waals surface area contributed by atoms with Gasteiger partial charge in [0.25, 0.3) is 0 Å². The summed E-state index contributed by atoms with van der Waals surface area (Å²) in [6.45, 7) is 6.83. The molecule has 1 heteroatoms. The van der Waals surface area contributed by atoms with Gasteiger partial charge in [-0.3, -0.25) is 0 Å². The van der Waals surface area contributed by atoms with E-state index >= 15 is 0 Å². The van der Waals surface area contributed by atoms with Crippen LogP contribution in [0.1, 0.15) is 26.3 Å². The molecule has 252 valence electrons. The first-order chi connectivity index (χ1) is 25.9. The van der Waals surface area contributed by atoms with Crippen LogP contribution in [0.3, 0.4) is 0 Å². The first-order valence-electron chi connectivity index (χ1n) is 18.6. The second-order valence-electron chi connectivity index (χ2n) is 15.4. The molecule has 10 rings (SSSR count). The fourth-order valence-electron chi connectivity index (χ4n) is 8.46. The van der Waals surface area contributed by atoms with Crippen LogP contribution in [0.15, 0.2) is 182 Å². The van der Waals surface area contributed by atoms with E-state index in [1.807, 2.05) is 0 Å². The van der Waals surface area contributed by atoms with Gasteiger partial charge in [0, 0.05) is 16.5 Å². The highest BCUT2D eigenvalue weighted by Crippen LogP contribution is 2.44. The maximum atomic E-state index is 2.42. The van der Waals surface area contributed by atoms with Crippen LogP contribution in [0.2, 0.25) is 0 Å². The van der Waals surface area contributed by atoms with Crippen LogP contribution in [-0.4, -0.2) is 4.57 Å². The van der Waals surface area contributed by atoms with Gasteiger partial charge in [-0.25, -0.2) is 0 Å². The first kappa shape index (κ1) is 31.3. The second kappa shape index (κ2) is 12.1. The molecule has 1 nitrogen and oxygen atoms in total. The first-order valence-corrected chi connectivity index (χ1v) is 18.6. The Balaban J connectivity index is 1.11. The lowest BCUT2D eigenvalue weighted by Gasteiger charge is -2.21. The molecule has 1 aromatic heterocycles. The lowest BCUT2D eigenvalue weighted by Crippen LogP contribution is -2.10. The smallest absolute Gasteiger partial charge is 0.0541 e. The molecule has 0 aliphatic heterocycles. The summed E-state index contributed by atoms with van der Waals surface area (Å²) >= 11 is 0. The Bertz CT molecular complexity index is 2950. The minimum atomic E-state index is 0.110. The summed E-state index contributed by atoms with van der Waals surface area (Å²) in [5.41, 5.74) is 12.5. The highest BCUT2D eigenvalue weighted by Gasteiger charge is 2.19. The maximum absolute atomic E-state index is 2.42. The third-order valence-corrected chi connectivity index (χ3v) is 11.1. The van der Waals surface area contributed by atoms with Gasteiger partial charge in [0.1, 0.15) is 0 Å². The third kappa shape index (κ3) is 5.15. The topological polar surface area (TPSA) is 4.93 Å². The Morgan fingerprint density at radius 3 is 1.40 bits per heavy atom. The van der Waals surface area contributed by atoms with Crippen molar-refractivity contribution in [1.29, 1.82) is 0 Å². The quantitative estimate of drug-likeness (QED) is 0.163. The molecule has 9 aromatic carbocycles. The highest BCUT2D eigenvalue weighted by molar-refractivity contribution is 6.21. The largest absolute Gasteiger partial charge is 0.309 e. The van der Waals surface area contributed by atoms with Crippen molar-refractivity contribution in [1.82, 2.24) is 4.57 Å². The predicted octanol–water partition coefficient (Wildman–Crippen LogP) is 14.5. The van der Waals surface area contributed by atoms with Crippen molar-refractivity contribution in [3.05, 3.63) is 188 Å². The Morgan fingerprint density at radius 2 is 0.792 bits per heavy atom. The van der Waals surface area contributed by atoms with E-state index in [0.29, 0.717) is 0 Å². The number of hydrogen-bond donors (Lipinski definition) is 0. The molecule has 53 heavy (non-hydrogen) atoms. The molecule has 0 fully saturated rings. The van der Waals surface area contributed by atoms with Crippen LogP contribution in [-0.2, 0) is 5.41 Å². The molecule has 10 aromatic rings. The summed E-state index contributed by atoms with van der Waals surface area (Å²) in [5, 5.41) is 10.1. The van der Waals surface area contributed by atoms with Gasteiger partial charge in [0.2, 0.25) is 0 Å². The zero-order valence-electron chi connectivity index (χ0n) is 30.3. The van der Waals surface area contributed by atoms with E-state index in [-0.39, 0.29) is 5.41 Å². The standard InChI is InChI=1S/C52H39N/c1-52(2,3)40-27-22-35(23-28-40)50-43-15-6-8-17-45(43)51(46-18-9-7-16-44(46)50)36-24-29-41(30-25-36)53-48-19-11-10-14-42(48)47-33-39(26-31-49(47)53)38-21-20-34-12-4-5-13-37(34)32-38/h4-33H,1-3H3. The SMILES string of the molecule is CC(C)(C)c1ccc(-c2c3ccccc3c(-c3ccc(-n4c5ccccc5c5cc(-c6ccc7ccccc7c6)ccc54)cc3)c3ccccc23)cc1. The molecule has 0 radical (unpaired) electrons. The average Bonchev–Trinajstić information content (AvgIpc) is 3.53. The molecule has 0 unspecified atom stereocenters. The number of benzene rings is 9. The Kier molecular flexibility index (Phi) is 7.13. The zero-order valence-corrected chi connectivity index (χ0v) is 30.3. The van der Waals surface area contributed by atoms with E-state index in [2.05, 4.69) is 207 Å². The lowest BCUT2D eigenvalue weighted by atomic mass is 9.83. The number of rotatable bonds is 4. The molecule has 1 heterocycles. The summed E-state index contributed by atoms with van der Waals surface area (Å²) in [4.78, 5) is 0. The molecule has 0 N–H and O–H groups in total. The van der Waals surface area contributed by atoms with Crippen LogP contribution in [0.5, 0.6) is 0 Å². The van der Waals surface area contributed by atoms with Crippen LogP contribution >= 0.6 is 0 Å². The van der Waals surface area contributed by atoms with E-state index in [4.69, 9.17) is 0 Å². The minimum absolute atomic E-state index is 0.110. The maximum Gasteiger partial charge on any atom is 0.0541 e. The number of fused-ring (bicyclic) bond motifs is 6. The van der Waals surface area contributed by atoms with Crippen molar-refractivity contribution in [3.63, 3.8) is 0 Å². The Hall–Kier alpha value is -6.44. The Morgan fingerprint density at radius 1 is 0.340 bits per heavy atom. The van der Waals surface area contributed by atoms with Gasteiger partial charge >= 0.3 is 0 Å². The normalized spacial score (nSPS) is 12.1. The van der Waals surface area contributed by atoms with E-state index in [9.17, 15) is 0 Å². The van der Waals surface area contributed by atoms with Crippen molar-refractivity contribution in [2.75, 3.05) is 0 Å². The molecule has 0 saturated heterocycles. The van der Waals surface area contributed by atoms with Gasteiger partial charge in [0.05, 0.1) is 11.0 Å². The molecule has 0 saturated carbocycles. The summed E-state index contributed by atoms with van der Waals surface area (Å²) in [6.07, 6.45) is 0. The summed E-state index contributed by atoms with van der Waals surface area (Å²) in [5.74, 6) is 0. The number of aromatic nitrogens is 1. The van der Waals surface area contributed by atoms with Gasteiger partial charge in [-0.05, 0) is 113 Å². The minimum Gasteiger partial charge on any atom is -0.309 e. The summed E-state index contributed by atoms with van der Waals surface area (Å²) in [6, 6.07) is 67.3. The molecule has 0 amide bonds. The van der Waals surface area contributed by atoms with Gasteiger partial charge in [-0.1, -0.05) is 166 Å². The van der Waals surface area contributed by atoms with Crippen molar-refractivity contribution in [2.45, 2.75) is 26.2 Å². The molecule has 0 spiro atoms. The molecule has 0 bridgehead atoms. The van der Waals surface area contributed by atoms with Crippen LogP contribution in [0, 0.1) is 0 Å². The van der Waals surface area contributed by atoms with Gasteiger partial charge in [-0.2, -0.15) is 0 Å². The van der Waals surface area contributed by atoms with Crippen molar-refractivity contribution >= 4 is 54.1 Å². The van der Waals surface area contributed by atoms with Crippen molar-refractivity contribution in [2.24, 2.45) is 0 Å².